The topological polar surface area (TPSA) is 49.3 Å². The summed E-state index contributed by atoms with van der Waals surface area (Å²) in [7, 11) is 0. The lowest BCUT2D eigenvalue weighted by atomic mass is 10.0. The average molecular weight is 283 g/mol. The Morgan fingerprint density at radius 3 is 2.57 bits per heavy atom. The highest BCUT2D eigenvalue weighted by atomic mass is 16.3. The van der Waals surface area contributed by atoms with E-state index in [1.54, 1.807) is 0 Å². The molecular weight excluding hydrogens is 262 g/mol. The monoisotopic (exact) mass is 283 g/mol. The van der Waals surface area contributed by atoms with Crippen LogP contribution >= 0.6 is 0 Å². The quantitative estimate of drug-likeness (QED) is 0.906. The summed E-state index contributed by atoms with van der Waals surface area (Å²) in [5.74, 6) is -0.208. The number of carbonyl (C=O) groups excluding carboxylic acids is 1. The maximum Gasteiger partial charge on any atom is 0.251 e. The maximum atomic E-state index is 12.0. The van der Waals surface area contributed by atoms with Crippen LogP contribution in [0, 0.1) is 0 Å². The van der Waals surface area contributed by atoms with E-state index in [1.165, 1.54) is 16.3 Å². The van der Waals surface area contributed by atoms with E-state index in [4.69, 9.17) is 0 Å². The molecule has 3 heteroatoms. The second-order valence-corrected chi connectivity index (χ2v) is 5.93. The van der Waals surface area contributed by atoms with E-state index < -0.39 is 5.60 Å². The number of carbonyl (C=O) groups is 1. The van der Waals surface area contributed by atoms with Crippen molar-refractivity contribution in [3.8, 4) is 0 Å². The molecule has 1 fully saturated rings. The maximum absolute atomic E-state index is 12.0. The third-order valence-electron chi connectivity index (χ3n) is 4.37. The summed E-state index contributed by atoms with van der Waals surface area (Å²) < 4.78 is 0. The lowest BCUT2D eigenvalue weighted by molar-refractivity contribution is -0.139. The highest BCUT2D eigenvalue weighted by Gasteiger charge is 2.38. The minimum atomic E-state index is -1.12. The van der Waals surface area contributed by atoms with Crippen LogP contribution in [-0.2, 0) is 11.2 Å². The zero-order valence-corrected chi connectivity index (χ0v) is 12.1. The predicted molar refractivity (Wildman–Crippen MR) is 84.1 cm³/mol. The minimum Gasteiger partial charge on any atom is -0.380 e. The highest BCUT2D eigenvalue weighted by molar-refractivity contribution is 5.85. The number of benzene rings is 2. The first kappa shape index (κ1) is 14.1. The molecule has 2 aromatic rings. The fraction of sp³-hybridized carbons (Fsp3) is 0.389. The molecule has 1 aliphatic rings. The van der Waals surface area contributed by atoms with Gasteiger partial charge < -0.3 is 10.4 Å². The van der Waals surface area contributed by atoms with E-state index >= 15 is 0 Å². The van der Waals surface area contributed by atoms with E-state index in [9.17, 15) is 9.90 Å². The van der Waals surface area contributed by atoms with Gasteiger partial charge in [0.15, 0.2) is 0 Å². The average Bonchev–Trinajstić information content (AvgIpc) is 2.95. The molecule has 2 aromatic carbocycles. The summed E-state index contributed by atoms with van der Waals surface area (Å²) in [6.45, 7) is 0.569. The van der Waals surface area contributed by atoms with Crippen LogP contribution in [0.15, 0.2) is 42.5 Å². The summed E-state index contributed by atoms with van der Waals surface area (Å²) in [6.07, 6.45) is 3.85. The largest absolute Gasteiger partial charge is 0.380 e. The first-order valence-electron chi connectivity index (χ1n) is 7.66. The molecule has 0 heterocycles. The van der Waals surface area contributed by atoms with Crippen molar-refractivity contribution in [1.29, 1.82) is 0 Å². The molecule has 110 valence electrons. The minimum absolute atomic E-state index is 0.208. The smallest absolute Gasteiger partial charge is 0.251 e. The normalized spacial score (nSPS) is 17.0. The molecule has 2 N–H and O–H groups in total. The predicted octanol–water partition coefficient (Wildman–Crippen LogP) is 2.80. The zero-order chi connectivity index (χ0) is 14.7. The molecule has 21 heavy (non-hydrogen) atoms. The third kappa shape index (κ3) is 3.08. The Bertz CT molecular complexity index is 644. The van der Waals surface area contributed by atoms with Crippen LogP contribution in [0.2, 0.25) is 0 Å². The summed E-state index contributed by atoms with van der Waals surface area (Å²) >= 11 is 0. The van der Waals surface area contributed by atoms with Crippen LogP contribution in [0.3, 0.4) is 0 Å². The first-order chi connectivity index (χ1) is 10.2. The second-order valence-electron chi connectivity index (χ2n) is 5.93. The molecule has 0 atom stereocenters. The molecule has 3 rings (SSSR count). The Morgan fingerprint density at radius 1 is 1.10 bits per heavy atom. The molecule has 0 bridgehead atoms. The lowest BCUT2D eigenvalue weighted by Gasteiger charge is -2.20. The SMILES string of the molecule is O=C(NCCc1ccc2ccccc2c1)C1(O)CCCC1. The van der Waals surface area contributed by atoms with Crippen molar-refractivity contribution in [2.24, 2.45) is 0 Å². The highest BCUT2D eigenvalue weighted by Crippen LogP contribution is 2.29. The van der Waals surface area contributed by atoms with E-state index in [0.29, 0.717) is 19.4 Å². The van der Waals surface area contributed by atoms with Gasteiger partial charge >= 0.3 is 0 Å². The second kappa shape index (κ2) is 5.86. The van der Waals surface area contributed by atoms with Crippen LogP contribution in [-0.4, -0.2) is 23.2 Å². The Labute approximate surface area is 125 Å². The standard InChI is InChI=1S/C18H21NO2/c20-17(18(21)10-3-4-11-18)19-12-9-14-7-8-15-5-1-2-6-16(15)13-14/h1-2,5-8,13,21H,3-4,9-12H2,(H,19,20). The van der Waals surface area contributed by atoms with Crippen molar-refractivity contribution >= 4 is 16.7 Å². The molecule has 0 radical (unpaired) electrons. The van der Waals surface area contributed by atoms with Gasteiger partial charge in [-0.25, -0.2) is 0 Å². The molecule has 1 aliphatic carbocycles. The van der Waals surface area contributed by atoms with Gasteiger partial charge in [0.25, 0.3) is 5.91 Å². The Kier molecular flexibility index (Phi) is 3.93. The first-order valence-corrected chi connectivity index (χ1v) is 7.66. The molecule has 0 spiro atoms. The number of hydrogen-bond acceptors (Lipinski definition) is 2. The van der Waals surface area contributed by atoms with E-state index in [2.05, 4.69) is 35.6 Å². The molecular formula is C18H21NO2. The van der Waals surface area contributed by atoms with E-state index in [1.807, 2.05) is 12.1 Å². The molecule has 1 saturated carbocycles. The van der Waals surface area contributed by atoms with Crippen LogP contribution < -0.4 is 5.32 Å². The van der Waals surface area contributed by atoms with Gasteiger partial charge in [0, 0.05) is 6.54 Å². The van der Waals surface area contributed by atoms with Crippen LogP contribution in [0.5, 0.6) is 0 Å². The van der Waals surface area contributed by atoms with Crippen molar-refractivity contribution < 1.29 is 9.90 Å². The lowest BCUT2D eigenvalue weighted by Crippen LogP contribution is -2.45. The number of amides is 1. The van der Waals surface area contributed by atoms with Gasteiger partial charge in [0.05, 0.1) is 0 Å². The number of fused-ring (bicyclic) bond motifs is 1. The molecule has 3 nitrogen and oxygen atoms in total. The van der Waals surface area contributed by atoms with Gasteiger partial charge in [0.1, 0.15) is 5.60 Å². The number of rotatable bonds is 4. The summed E-state index contributed by atoms with van der Waals surface area (Å²) in [4.78, 5) is 12.0. The van der Waals surface area contributed by atoms with Gasteiger partial charge in [-0.1, -0.05) is 42.5 Å². The van der Waals surface area contributed by atoms with Gasteiger partial charge in [-0.15, -0.1) is 0 Å². The molecule has 1 amide bonds. The summed E-state index contributed by atoms with van der Waals surface area (Å²) in [5, 5.41) is 15.5. The number of aliphatic hydroxyl groups is 1. The van der Waals surface area contributed by atoms with E-state index in [-0.39, 0.29) is 5.91 Å². The van der Waals surface area contributed by atoms with Crippen molar-refractivity contribution in [3.63, 3.8) is 0 Å². The summed E-state index contributed by atoms with van der Waals surface area (Å²) in [6, 6.07) is 14.6. The molecule has 0 aromatic heterocycles. The zero-order valence-electron chi connectivity index (χ0n) is 12.1. The number of hydrogen-bond donors (Lipinski definition) is 2. The van der Waals surface area contributed by atoms with E-state index in [0.717, 1.165) is 19.3 Å². The number of nitrogens with one attached hydrogen (secondary N) is 1. The fourth-order valence-electron chi connectivity index (χ4n) is 3.07. The van der Waals surface area contributed by atoms with Gasteiger partial charge in [0.2, 0.25) is 0 Å². The Hall–Kier alpha value is -1.87. The van der Waals surface area contributed by atoms with Gasteiger partial charge in [-0.05, 0) is 48.4 Å². The third-order valence-corrected chi connectivity index (χ3v) is 4.37. The van der Waals surface area contributed by atoms with Crippen molar-refractivity contribution in [1.82, 2.24) is 5.32 Å². The van der Waals surface area contributed by atoms with Crippen molar-refractivity contribution in [2.45, 2.75) is 37.7 Å². The Balaban J connectivity index is 1.58. The summed E-state index contributed by atoms with van der Waals surface area (Å²) in [5.41, 5.74) is 0.0797. The van der Waals surface area contributed by atoms with Crippen LogP contribution in [0.4, 0.5) is 0 Å². The fourth-order valence-corrected chi connectivity index (χ4v) is 3.07. The Morgan fingerprint density at radius 2 is 1.81 bits per heavy atom. The van der Waals surface area contributed by atoms with Crippen LogP contribution in [0.25, 0.3) is 10.8 Å². The van der Waals surface area contributed by atoms with Crippen molar-refractivity contribution in [3.05, 3.63) is 48.0 Å². The van der Waals surface area contributed by atoms with Gasteiger partial charge in [-0.3, -0.25) is 4.79 Å². The van der Waals surface area contributed by atoms with Crippen LogP contribution in [0.1, 0.15) is 31.2 Å². The van der Waals surface area contributed by atoms with Crippen molar-refractivity contribution in [2.75, 3.05) is 6.54 Å². The molecule has 0 saturated heterocycles. The molecule has 0 aliphatic heterocycles. The molecule has 0 unspecified atom stereocenters. The van der Waals surface area contributed by atoms with Gasteiger partial charge in [-0.2, -0.15) is 0 Å².